The van der Waals surface area contributed by atoms with Crippen molar-refractivity contribution in [2.75, 3.05) is 39.6 Å². The van der Waals surface area contributed by atoms with E-state index in [1.807, 2.05) is 0 Å². The molecular formula is C70H136O17P2. The van der Waals surface area contributed by atoms with E-state index >= 15 is 0 Å². The van der Waals surface area contributed by atoms with Gasteiger partial charge < -0.3 is 33.8 Å². The molecular weight excluding hydrogens is 1170 g/mol. The Morgan fingerprint density at radius 3 is 0.854 bits per heavy atom. The second-order valence-electron chi connectivity index (χ2n) is 26.0. The Bertz CT molecular complexity index is 1740. The topological polar surface area (TPSA) is 237 Å². The molecule has 0 amide bonds. The first-order chi connectivity index (χ1) is 42.9. The van der Waals surface area contributed by atoms with Crippen LogP contribution in [-0.4, -0.2) is 96.7 Å². The third-order valence-electron chi connectivity index (χ3n) is 16.6. The zero-order chi connectivity index (χ0) is 65.7. The Kier molecular flexibility index (Phi) is 60.8. The zero-order valence-electron chi connectivity index (χ0n) is 57.7. The first-order valence-corrected chi connectivity index (χ1v) is 39.5. The number of aliphatic hydroxyl groups is 1. The largest absolute Gasteiger partial charge is 0.472 e. The van der Waals surface area contributed by atoms with Crippen LogP contribution in [0.3, 0.4) is 0 Å². The van der Waals surface area contributed by atoms with Crippen LogP contribution in [0, 0.1) is 11.8 Å². The van der Waals surface area contributed by atoms with Gasteiger partial charge in [-0.2, -0.15) is 0 Å². The summed E-state index contributed by atoms with van der Waals surface area (Å²) in [6.45, 7) is 9.46. The van der Waals surface area contributed by atoms with Crippen molar-refractivity contribution >= 4 is 39.5 Å². The predicted molar refractivity (Wildman–Crippen MR) is 358 cm³/mol. The molecule has 0 aliphatic rings. The lowest BCUT2D eigenvalue weighted by atomic mass is 9.99. The average Bonchev–Trinajstić information content (AvgIpc) is 3.58. The van der Waals surface area contributed by atoms with E-state index in [1.165, 1.54) is 167 Å². The van der Waals surface area contributed by atoms with Crippen LogP contribution in [0.2, 0.25) is 0 Å². The van der Waals surface area contributed by atoms with Crippen LogP contribution in [0.25, 0.3) is 0 Å². The fourth-order valence-electron chi connectivity index (χ4n) is 10.6. The van der Waals surface area contributed by atoms with Gasteiger partial charge in [-0.05, 0) is 37.5 Å². The number of phosphoric ester groups is 2. The maximum atomic E-state index is 13.0. The number of carbonyl (C=O) groups excluding carboxylic acids is 4. The van der Waals surface area contributed by atoms with E-state index in [0.29, 0.717) is 25.7 Å². The van der Waals surface area contributed by atoms with Crippen LogP contribution in [0.15, 0.2) is 0 Å². The van der Waals surface area contributed by atoms with Gasteiger partial charge in [0.1, 0.15) is 19.3 Å². The highest BCUT2D eigenvalue weighted by Gasteiger charge is 2.30. The number of aliphatic hydroxyl groups excluding tert-OH is 1. The van der Waals surface area contributed by atoms with Gasteiger partial charge in [0.2, 0.25) is 0 Å². The fraction of sp³-hybridized carbons (Fsp3) is 0.943. The Hall–Kier alpha value is -1.94. The third kappa shape index (κ3) is 63.2. The predicted octanol–water partition coefficient (Wildman–Crippen LogP) is 20.0. The lowest BCUT2D eigenvalue weighted by molar-refractivity contribution is -0.161. The van der Waals surface area contributed by atoms with E-state index in [1.54, 1.807) is 0 Å². The van der Waals surface area contributed by atoms with Crippen molar-refractivity contribution in [2.24, 2.45) is 11.8 Å². The zero-order valence-corrected chi connectivity index (χ0v) is 59.5. The molecule has 0 aromatic heterocycles. The van der Waals surface area contributed by atoms with Crippen molar-refractivity contribution in [3.8, 4) is 0 Å². The number of esters is 4. The maximum Gasteiger partial charge on any atom is 0.472 e. The van der Waals surface area contributed by atoms with Crippen LogP contribution in [0.5, 0.6) is 0 Å². The van der Waals surface area contributed by atoms with Crippen LogP contribution in [0.1, 0.15) is 356 Å². The smallest absolute Gasteiger partial charge is 0.462 e. The summed E-state index contributed by atoms with van der Waals surface area (Å²) in [5.41, 5.74) is 0. The third-order valence-corrected chi connectivity index (χ3v) is 18.5. The SMILES string of the molecule is CCCCCCCCCCCCCCCCCCCCC(=O)O[C@H](COC(=O)CCCCCCCCCCCCCC(C)C)COP(=O)(O)OC[C@@H](O)COP(=O)(O)OC[C@@H](COC(=O)CCCCCCC)OC(=O)CCCCCCCCCCC(C)CC. The summed E-state index contributed by atoms with van der Waals surface area (Å²) in [5.74, 6) is -0.595. The van der Waals surface area contributed by atoms with Gasteiger partial charge in [0, 0.05) is 25.7 Å². The van der Waals surface area contributed by atoms with Gasteiger partial charge in [-0.15, -0.1) is 0 Å². The molecule has 0 radical (unpaired) electrons. The standard InChI is InChI=1S/C70H136O17P2/c1-7-10-12-14-15-16-17-18-19-20-21-22-23-26-30-36-42-48-54-69(74)87-66(59-81-68(73)53-47-41-35-29-27-24-25-28-33-39-44-50-62(4)5)61-85-89(78,79)83-57-64(71)56-82-88(76,77)84-60-65(58-80-67(72)52-46-38-13-11-8-2)86-70(75)55-49-43-37-32-31-34-40-45-51-63(6)9-3/h62-66,71H,7-61H2,1-6H3,(H,76,77)(H,78,79)/t63?,64-,65+,66+/m0/s1. The van der Waals surface area contributed by atoms with Crippen LogP contribution in [-0.2, 0) is 65.4 Å². The number of hydrogen-bond acceptors (Lipinski definition) is 15. The van der Waals surface area contributed by atoms with E-state index in [2.05, 4.69) is 41.5 Å². The molecule has 19 heteroatoms. The van der Waals surface area contributed by atoms with Crippen LogP contribution in [0.4, 0.5) is 0 Å². The first kappa shape index (κ1) is 87.1. The second kappa shape index (κ2) is 62.2. The Morgan fingerprint density at radius 1 is 0.326 bits per heavy atom. The molecule has 89 heavy (non-hydrogen) atoms. The highest BCUT2D eigenvalue weighted by Crippen LogP contribution is 2.45. The summed E-state index contributed by atoms with van der Waals surface area (Å²) in [6, 6.07) is 0. The minimum Gasteiger partial charge on any atom is -0.462 e. The van der Waals surface area contributed by atoms with Crippen molar-refractivity contribution in [1.29, 1.82) is 0 Å². The van der Waals surface area contributed by atoms with Gasteiger partial charge in [0.15, 0.2) is 12.2 Å². The van der Waals surface area contributed by atoms with Gasteiger partial charge >= 0.3 is 39.5 Å². The molecule has 0 spiro atoms. The summed E-state index contributed by atoms with van der Waals surface area (Å²) in [4.78, 5) is 72.3. The molecule has 0 bridgehead atoms. The average molecular weight is 1310 g/mol. The van der Waals surface area contributed by atoms with Gasteiger partial charge in [-0.1, -0.05) is 305 Å². The molecule has 3 unspecified atom stereocenters. The van der Waals surface area contributed by atoms with Crippen molar-refractivity contribution in [2.45, 2.75) is 374 Å². The number of hydrogen-bond donors (Lipinski definition) is 3. The first-order valence-electron chi connectivity index (χ1n) is 36.5. The Morgan fingerprint density at radius 2 is 0.573 bits per heavy atom. The molecule has 17 nitrogen and oxygen atoms in total. The van der Waals surface area contributed by atoms with E-state index < -0.39 is 97.5 Å². The Labute approximate surface area is 543 Å². The van der Waals surface area contributed by atoms with Gasteiger partial charge in [0.25, 0.3) is 0 Å². The normalized spacial score (nSPS) is 14.4. The Balaban J connectivity index is 5.16. The molecule has 0 aliphatic carbocycles. The fourth-order valence-corrected chi connectivity index (χ4v) is 12.1. The molecule has 0 aromatic carbocycles. The number of carbonyl (C=O) groups is 4. The molecule has 0 saturated heterocycles. The molecule has 3 N–H and O–H groups in total. The van der Waals surface area contributed by atoms with Crippen molar-refractivity contribution in [3.63, 3.8) is 0 Å². The lowest BCUT2D eigenvalue weighted by Gasteiger charge is -2.21. The van der Waals surface area contributed by atoms with E-state index in [9.17, 15) is 43.2 Å². The maximum absolute atomic E-state index is 13.0. The summed E-state index contributed by atoms with van der Waals surface area (Å²) in [6.07, 6.45) is 47.6. The van der Waals surface area contributed by atoms with Crippen LogP contribution >= 0.6 is 15.6 Å². The molecule has 0 fully saturated rings. The lowest BCUT2D eigenvalue weighted by Crippen LogP contribution is -2.30. The molecule has 0 saturated carbocycles. The molecule has 0 rings (SSSR count). The summed E-state index contributed by atoms with van der Waals surface area (Å²) in [7, 11) is -9.89. The van der Waals surface area contributed by atoms with Crippen molar-refractivity contribution in [3.05, 3.63) is 0 Å². The molecule has 0 heterocycles. The number of phosphoric acid groups is 2. The van der Waals surface area contributed by atoms with Crippen molar-refractivity contribution in [1.82, 2.24) is 0 Å². The summed E-state index contributed by atoms with van der Waals surface area (Å²) >= 11 is 0. The molecule has 0 aromatic rings. The minimum atomic E-state index is -4.95. The second-order valence-corrected chi connectivity index (χ2v) is 28.9. The number of ether oxygens (including phenoxy) is 4. The monoisotopic (exact) mass is 1310 g/mol. The van der Waals surface area contributed by atoms with Gasteiger partial charge in [-0.3, -0.25) is 37.3 Å². The van der Waals surface area contributed by atoms with Crippen molar-refractivity contribution < 1.29 is 80.2 Å². The quantitative estimate of drug-likeness (QED) is 0.0222. The highest BCUT2D eigenvalue weighted by molar-refractivity contribution is 7.47. The molecule has 528 valence electrons. The molecule has 0 aliphatic heterocycles. The van der Waals surface area contributed by atoms with E-state index in [4.69, 9.17) is 37.0 Å². The highest BCUT2D eigenvalue weighted by atomic mass is 31.2. The summed E-state index contributed by atoms with van der Waals surface area (Å²) in [5, 5.41) is 10.6. The van der Waals surface area contributed by atoms with E-state index in [-0.39, 0.29) is 25.7 Å². The van der Waals surface area contributed by atoms with Gasteiger partial charge in [0.05, 0.1) is 26.4 Å². The minimum absolute atomic E-state index is 0.104. The molecule has 6 atom stereocenters. The number of unbranched alkanes of at least 4 members (excludes halogenated alkanes) is 38. The summed E-state index contributed by atoms with van der Waals surface area (Å²) < 4.78 is 68.1. The van der Waals surface area contributed by atoms with E-state index in [0.717, 1.165) is 108 Å². The van der Waals surface area contributed by atoms with Gasteiger partial charge in [-0.25, -0.2) is 9.13 Å². The number of rotatable bonds is 69. The van der Waals surface area contributed by atoms with Crippen LogP contribution < -0.4 is 0 Å².